The third-order valence-corrected chi connectivity index (χ3v) is 2.47. The second kappa shape index (κ2) is 6.91. The van der Waals surface area contributed by atoms with Gasteiger partial charge in [-0.05, 0) is 30.7 Å². The summed E-state index contributed by atoms with van der Waals surface area (Å²) in [6.45, 7) is 5.72. The fourth-order valence-corrected chi connectivity index (χ4v) is 1.46. The Labute approximate surface area is 102 Å². The van der Waals surface area contributed by atoms with E-state index in [2.05, 4.69) is 12.2 Å². The lowest BCUT2D eigenvalue weighted by Crippen LogP contribution is -2.32. The lowest BCUT2D eigenvalue weighted by molar-refractivity contribution is -0.124. The highest BCUT2D eigenvalue weighted by Gasteiger charge is 2.14. The molecule has 0 aliphatic rings. The normalized spacial score (nSPS) is 12.1. The zero-order chi connectivity index (χ0) is 12.7. The van der Waals surface area contributed by atoms with E-state index >= 15 is 0 Å². The summed E-state index contributed by atoms with van der Waals surface area (Å²) in [6.07, 6.45) is 0.0312. The van der Waals surface area contributed by atoms with Gasteiger partial charge in [0.1, 0.15) is 5.75 Å². The average molecular weight is 236 g/mol. The number of ether oxygens (including phenoxy) is 1. The third-order valence-electron chi connectivity index (χ3n) is 2.47. The molecule has 0 spiro atoms. The molecule has 0 saturated heterocycles. The van der Waals surface area contributed by atoms with Crippen LogP contribution in [0, 0.1) is 0 Å². The van der Waals surface area contributed by atoms with Crippen molar-refractivity contribution in [2.75, 3.05) is 6.54 Å². The molecular formula is C13H20N2O2. The first-order valence-corrected chi connectivity index (χ1v) is 5.93. The summed E-state index contributed by atoms with van der Waals surface area (Å²) in [5.74, 6) is 0.250. The summed E-state index contributed by atoms with van der Waals surface area (Å²) in [4.78, 5) is 11.0. The molecule has 4 nitrogen and oxygen atoms in total. The maximum atomic E-state index is 11.0. The topological polar surface area (TPSA) is 64.3 Å². The van der Waals surface area contributed by atoms with Crippen LogP contribution in [0.5, 0.6) is 5.75 Å². The Bertz CT molecular complexity index is 349. The molecule has 0 aliphatic heterocycles. The van der Waals surface area contributed by atoms with Gasteiger partial charge in [-0.2, -0.15) is 0 Å². The van der Waals surface area contributed by atoms with Crippen LogP contribution < -0.4 is 15.8 Å². The molecule has 1 unspecified atom stereocenters. The predicted molar refractivity (Wildman–Crippen MR) is 67.7 cm³/mol. The van der Waals surface area contributed by atoms with Crippen LogP contribution in [0.2, 0.25) is 0 Å². The van der Waals surface area contributed by atoms with Crippen LogP contribution in [0.1, 0.15) is 25.8 Å². The van der Waals surface area contributed by atoms with Gasteiger partial charge in [0.05, 0.1) is 0 Å². The number of benzene rings is 1. The van der Waals surface area contributed by atoms with E-state index in [0.29, 0.717) is 12.2 Å². The van der Waals surface area contributed by atoms with E-state index in [9.17, 15) is 4.79 Å². The standard InChI is InChI=1S/C13H20N2O2/c1-3-12(13(14)16)17-11-7-5-10(6-8-11)9-15-4-2/h5-8,12,15H,3-4,9H2,1-2H3,(H2,14,16). The van der Waals surface area contributed by atoms with Crippen molar-refractivity contribution >= 4 is 5.91 Å². The first-order valence-electron chi connectivity index (χ1n) is 5.93. The molecule has 17 heavy (non-hydrogen) atoms. The van der Waals surface area contributed by atoms with Gasteiger partial charge in [0.2, 0.25) is 0 Å². The Hall–Kier alpha value is -1.55. The second-order valence-electron chi connectivity index (χ2n) is 3.84. The number of hydrogen-bond acceptors (Lipinski definition) is 3. The molecule has 94 valence electrons. The monoisotopic (exact) mass is 236 g/mol. The van der Waals surface area contributed by atoms with Crippen molar-refractivity contribution in [1.29, 1.82) is 0 Å². The van der Waals surface area contributed by atoms with Crippen LogP contribution in [0.3, 0.4) is 0 Å². The number of rotatable bonds is 7. The molecule has 0 fully saturated rings. The molecule has 0 aromatic heterocycles. The van der Waals surface area contributed by atoms with E-state index in [1.807, 2.05) is 31.2 Å². The van der Waals surface area contributed by atoms with Crippen molar-refractivity contribution in [1.82, 2.24) is 5.32 Å². The molecule has 3 N–H and O–H groups in total. The summed E-state index contributed by atoms with van der Waals surface area (Å²) in [5, 5.41) is 3.24. The SMILES string of the molecule is CCNCc1ccc(OC(CC)C(N)=O)cc1. The first-order chi connectivity index (χ1) is 8.17. The molecule has 1 atom stereocenters. The molecule has 0 heterocycles. The molecule has 0 saturated carbocycles. The van der Waals surface area contributed by atoms with E-state index < -0.39 is 12.0 Å². The predicted octanol–water partition coefficient (Wildman–Crippen LogP) is 1.44. The van der Waals surface area contributed by atoms with Crippen molar-refractivity contribution in [2.24, 2.45) is 5.73 Å². The molecule has 1 aromatic rings. The summed E-state index contributed by atoms with van der Waals surface area (Å²) < 4.78 is 5.49. The van der Waals surface area contributed by atoms with Crippen LogP contribution in [0.15, 0.2) is 24.3 Å². The van der Waals surface area contributed by atoms with Crippen LogP contribution >= 0.6 is 0 Å². The summed E-state index contributed by atoms with van der Waals surface area (Å²) in [6, 6.07) is 7.67. The Morgan fingerprint density at radius 2 is 2.00 bits per heavy atom. The minimum atomic E-state index is -0.547. The van der Waals surface area contributed by atoms with Crippen LogP contribution in [-0.4, -0.2) is 18.6 Å². The summed E-state index contributed by atoms with van der Waals surface area (Å²) in [5.41, 5.74) is 6.40. The van der Waals surface area contributed by atoms with Gasteiger partial charge in [0, 0.05) is 6.54 Å². The number of nitrogens with two attached hydrogens (primary N) is 1. The largest absolute Gasteiger partial charge is 0.481 e. The highest BCUT2D eigenvalue weighted by atomic mass is 16.5. The highest BCUT2D eigenvalue weighted by Crippen LogP contribution is 2.14. The number of carbonyl (C=O) groups is 1. The maximum Gasteiger partial charge on any atom is 0.258 e. The number of amides is 1. The Morgan fingerprint density at radius 3 is 2.47 bits per heavy atom. The Kier molecular flexibility index (Phi) is 5.49. The molecule has 1 aromatic carbocycles. The Morgan fingerprint density at radius 1 is 1.35 bits per heavy atom. The number of hydrogen-bond donors (Lipinski definition) is 2. The number of carbonyl (C=O) groups excluding carboxylic acids is 1. The lowest BCUT2D eigenvalue weighted by Gasteiger charge is -2.14. The van der Waals surface area contributed by atoms with Gasteiger partial charge in [-0.3, -0.25) is 4.79 Å². The van der Waals surface area contributed by atoms with E-state index in [1.165, 1.54) is 5.56 Å². The van der Waals surface area contributed by atoms with Gasteiger partial charge in [0.15, 0.2) is 6.10 Å². The zero-order valence-corrected chi connectivity index (χ0v) is 10.4. The van der Waals surface area contributed by atoms with Crippen molar-refractivity contribution < 1.29 is 9.53 Å². The highest BCUT2D eigenvalue weighted by molar-refractivity contribution is 5.79. The van der Waals surface area contributed by atoms with E-state index in [4.69, 9.17) is 10.5 Å². The van der Waals surface area contributed by atoms with Gasteiger partial charge in [0.25, 0.3) is 5.91 Å². The zero-order valence-electron chi connectivity index (χ0n) is 10.4. The second-order valence-corrected chi connectivity index (χ2v) is 3.84. The summed E-state index contributed by atoms with van der Waals surface area (Å²) in [7, 11) is 0. The van der Waals surface area contributed by atoms with E-state index in [0.717, 1.165) is 13.1 Å². The fraction of sp³-hybridized carbons (Fsp3) is 0.462. The average Bonchev–Trinajstić information content (AvgIpc) is 2.34. The molecule has 4 heteroatoms. The van der Waals surface area contributed by atoms with Gasteiger partial charge < -0.3 is 15.8 Å². The fourth-order valence-electron chi connectivity index (χ4n) is 1.46. The van der Waals surface area contributed by atoms with Gasteiger partial charge in [-0.15, -0.1) is 0 Å². The van der Waals surface area contributed by atoms with Crippen LogP contribution in [0.4, 0.5) is 0 Å². The maximum absolute atomic E-state index is 11.0. The smallest absolute Gasteiger partial charge is 0.258 e. The molecule has 1 rings (SSSR count). The van der Waals surface area contributed by atoms with E-state index in [-0.39, 0.29) is 0 Å². The molecule has 0 bridgehead atoms. The molecule has 1 amide bonds. The minimum Gasteiger partial charge on any atom is -0.481 e. The van der Waals surface area contributed by atoms with Gasteiger partial charge in [-0.1, -0.05) is 26.0 Å². The van der Waals surface area contributed by atoms with Crippen LogP contribution in [0.25, 0.3) is 0 Å². The van der Waals surface area contributed by atoms with Crippen molar-refractivity contribution in [3.05, 3.63) is 29.8 Å². The lowest BCUT2D eigenvalue weighted by atomic mass is 10.2. The Balaban J connectivity index is 2.58. The first kappa shape index (κ1) is 13.5. The quantitative estimate of drug-likeness (QED) is 0.753. The molecule has 0 aliphatic carbocycles. The number of primary amides is 1. The minimum absolute atomic E-state index is 0.427. The van der Waals surface area contributed by atoms with Crippen LogP contribution in [-0.2, 0) is 11.3 Å². The molecular weight excluding hydrogens is 216 g/mol. The third kappa shape index (κ3) is 4.44. The van der Waals surface area contributed by atoms with Gasteiger partial charge >= 0.3 is 0 Å². The van der Waals surface area contributed by atoms with Gasteiger partial charge in [-0.25, -0.2) is 0 Å². The van der Waals surface area contributed by atoms with Crippen molar-refractivity contribution in [3.63, 3.8) is 0 Å². The van der Waals surface area contributed by atoms with Crippen molar-refractivity contribution in [3.8, 4) is 5.75 Å². The number of nitrogens with one attached hydrogen (secondary N) is 1. The van der Waals surface area contributed by atoms with E-state index in [1.54, 1.807) is 0 Å². The molecule has 0 radical (unpaired) electrons. The van der Waals surface area contributed by atoms with Crippen molar-refractivity contribution in [2.45, 2.75) is 32.9 Å². The summed E-state index contributed by atoms with van der Waals surface area (Å²) >= 11 is 0.